The van der Waals surface area contributed by atoms with Gasteiger partial charge in [0.15, 0.2) is 0 Å². The summed E-state index contributed by atoms with van der Waals surface area (Å²) in [5.41, 5.74) is 3.14. The molecule has 1 heteroatoms. The summed E-state index contributed by atoms with van der Waals surface area (Å²) in [6.07, 6.45) is 2.62. The first-order valence-corrected chi connectivity index (χ1v) is 6.75. The first-order chi connectivity index (χ1) is 6.79. The molecule has 0 radical (unpaired) electrons. The van der Waals surface area contributed by atoms with Crippen LogP contribution < -0.4 is 0 Å². The van der Waals surface area contributed by atoms with Crippen molar-refractivity contribution in [2.75, 3.05) is 0 Å². The molecule has 0 amide bonds. The van der Waals surface area contributed by atoms with Gasteiger partial charge in [0.25, 0.3) is 0 Å². The van der Waals surface area contributed by atoms with Crippen LogP contribution in [0.3, 0.4) is 0 Å². The van der Waals surface area contributed by atoms with Crippen molar-refractivity contribution in [1.29, 1.82) is 0 Å². The normalized spacial score (nSPS) is 24.6. The first kappa shape index (κ1) is 12.0. The van der Waals surface area contributed by atoms with Crippen LogP contribution in [0.5, 0.6) is 0 Å². The van der Waals surface area contributed by atoms with Crippen LogP contribution >= 0.6 is 22.6 Å². The van der Waals surface area contributed by atoms with Gasteiger partial charge in [-0.1, -0.05) is 67.6 Å². The SMILES string of the molecule is CC.C[C@@H]1c2ccccc2CC[C@H]1I. The zero-order valence-corrected chi connectivity index (χ0v) is 11.4. The highest BCUT2D eigenvalue weighted by atomic mass is 127. The molecule has 0 heterocycles. The predicted molar refractivity (Wildman–Crippen MR) is 72.3 cm³/mol. The number of hydrogen-bond acceptors (Lipinski definition) is 0. The Bertz CT molecular complexity index is 280. The smallest absolute Gasteiger partial charge is 0.0179 e. The van der Waals surface area contributed by atoms with E-state index in [0.717, 1.165) is 9.84 Å². The number of benzene rings is 1. The van der Waals surface area contributed by atoms with Crippen LogP contribution in [0.4, 0.5) is 0 Å². The minimum Gasteiger partial charge on any atom is -0.0820 e. The number of hydrogen-bond donors (Lipinski definition) is 0. The van der Waals surface area contributed by atoms with Gasteiger partial charge >= 0.3 is 0 Å². The maximum absolute atomic E-state index is 2.58. The molecule has 14 heavy (non-hydrogen) atoms. The van der Waals surface area contributed by atoms with E-state index in [4.69, 9.17) is 0 Å². The Morgan fingerprint density at radius 1 is 1.21 bits per heavy atom. The van der Waals surface area contributed by atoms with E-state index in [2.05, 4.69) is 53.8 Å². The molecule has 0 N–H and O–H groups in total. The average Bonchev–Trinajstić information content (AvgIpc) is 2.27. The van der Waals surface area contributed by atoms with Crippen molar-refractivity contribution in [1.82, 2.24) is 0 Å². The molecule has 0 nitrogen and oxygen atoms in total. The van der Waals surface area contributed by atoms with Crippen LogP contribution in [0.2, 0.25) is 0 Å². The minimum atomic E-state index is 0.746. The van der Waals surface area contributed by atoms with Crippen LogP contribution in [0.1, 0.15) is 44.2 Å². The summed E-state index contributed by atoms with van der Waals surface area (Å²) in [5, 5.41) is 0. The van der Waals surface area contributed by atoms with Crippen molar-refractivity contribution in [3.8, 4) is 0 Å². The second kappa shape index (κ2) is 5.74. The molecule has 2 rings (SSSR count). The monoisotopic (exact) mass is 302 g/mol. The molecule has 1 aromatic carbocycles. The van der Waals surface area contributed by atoms with Gasteiger partial charge in [-0.05, 0) is 29.9 Å². The maximum atomic E-state index is 2.58. The van der Waals surface area contributed by atoms with Gasteiger partial charge in [-0.3, -0.25) is 0 Å². The standard InChI is InChI=1S/C11H13I.C2H6/c1-8-10-5-3-2-4-9(10)6-7-11(8)12;1-2/h2-5,8,11H,6-7H2,1H3;1-2H3/t8-,11-;/m1./s1. The maximum Gasteiger partial charge on any atom is 0.0179 e. The molecular formula is C13H19I. The van der Waals surface area contributed by atoms with E-state index >= 15 is 0 Å². The van der Waals surface area contributed by atoms with Crippen molar-refractivity contribution in [3.05, 3.63) is 35.4 Å². The second-order valence-corrected chi connectivity index (χ2v) is 5.14. The van der Waals surface area contributed by atoms with Gasteiger partial charge in [0, 0.05) is 3.92 Å². The highest BCUT2D eigenvalue weighted by Gasteiger charge is 2.22. The Morgan fingerprint density at radius 2 is 1.86 bits per heavy atom. The Balaban J connectivity index is 0.000000461. The largest absolute Gasteiger partial charge is 0.0820 e. The van der Waals surface area contributed by atoms with E-state index in [0.29, 0.717) is 0 Å². The lowest BCUT2D eigenvalue weighted by Crippen LogP contribution is -2.17. The highest BCUT2D eigenvalue weighted by molar-refractivity contribution is 14.1. The zero-order chi connectivity index (χ0) is 10.6. The third-order valence-electron chi connectivity index (χ3n) is 2.78. The molecule has 2 atom stereocenters. The van der Waals surface area contributed by atoms with Crippen molar-refractivity contribution >= 4 is 22.6 Å². The van der Waals surface area contributed by atoms with Gasteiger partial charge in [-0.25, -0.2) is 0 Å². The first-order valence-electron chi connectivity index (χ1n) is 5.51. The number of halogens is 1. The quantitative estimate of drug-likeness (QED) is 0.486. The van der Waals surface area contributed by atoms with Crippen LogP contribution in [-0.4, -0.2) is 3.92 Å². The van der Waals surface area contributed by atoms with E-state index in [1.807, 2.05) is 13.8 Å². The molecular weight excluding hydrogens is 283 g/mol. The number of alkyl halides is 1. The summed E-state index contributed by atoms with van der Waals surface area (Å²) < 4.78 is 0.831. The third kappa shape index (κ3) is 2.50. The molecule has 0 fully saturated rings. The predicted octanol–water partition coefficient (Wildman–Crippen LogP) is 4.57. The molecule has 0 aliphatic heterocycles. The summed E-state index contributed by atoms with van der Waals surface area (Å²) in [6, 6.07) is 8.86. The van der Waals surface area contributed by atoms with Gasteiger partial charge in [0.05, 0.1) is 0 Å². The third-order valence-corrected chi connectivity index (χ3v) is 4.48. The number of rotatable bonds is 0. The Hall–Kier alpha value is -0.0500. The van der Waals surface area contributed by atoms with E-state index in [9.17, 15) is 0 Å². The lowest BCUT2D eigenvalue weighted by Gasteiger charge is -2.27. The van der Waals surface area contributed by atoms with E-state index in [-0.39, 0.29) is 0 Å². The van der Waals surface area contributed by atoms with E-state index in [1.165, 1.54) is 12.8 Å². The molecule has 0 bridgehead atoms. The molecule has 0 aromatic heterocycles. The van der Waals surface area contributed by atoms with Gasteiger partial charge in [0.2, 0.25) is 0 Å². The fraction of sp³-hybridized carbons (Fsp3) is 0.538. The minimum absolute atomic E-state index is 0.746. The molecule has 0 saturated heterocycles. The molecule has 1 aliphatic rings. The number of aryl methyl sites for hydroxylation is 1. The van der Waals surface area contributed by atoms with Crippen LogP contribution in [0, 0.1) is 0 Å². The fourth-order valence-electron chi connectivity index (χ4n) is 1.94. The summed E-state index contributed by atoms with van der Waals surface area (Å²) in [7, 11) is 0. The second-order valence-electron chi connectivity index (χ2n) is 3.54. The molecule has 78 valence electrons. The number of fused-ring (bicyclic) bond motifs is 1. The summed E-state index contributed by atoms with van der Waals surface area (Å²) in [4.78, 5) is 0. The van der Waals surface area contributed by atoms with Crippen LogP contribution in [-0.2, 0) is 6.42 Å². The lowest BCUT2D eigenvalue weighted by molar-refractivity contribution is 0.625. The topological polar surface area (TPSA) is 0 Å². The van der Waals surface area contributed by atoms with Gasteiger partial charge in [0.1, 0.15) is 0 Å². The molecule has 0 unspecified atom stereocenters. The fourth-order valence-corrected chi connectivity index (χ4v) is 2.64. The van der Waals surface area contributed by atoms with Gasteiger partial charge in [-0.15, -0.1) is 0 Å². The molecule has 0 spiro atoms. The zero-order valence-electron chi connectivity index (χ0n) is 9.26. The van der Waals surface area contributed by atoms with Crippen molar-refractivity contribution in [2.45, 2.75) is 43.5 Å². The summed E-state index contributed by atoms with van der Waals surface area (Å²) >= 11 is 2.58. The average molecular weight is 302 g/mol. The van der Waals surface area contributed by atoms with E-state index in [1.54, 1.807) is 11.1 Å². The van der Waals surface area contributed by atoms with Gasteiger partial charge in [-0.2, -0.15) is 0 Å². The molecule has 0 saturated carbocycles. The van der Waals surface area contributed by atoms with Crippen molar-refractivity contribution < 1.29 is 0 Å². The molecule has 1 aromatic rings. The van der Waals surface area contributed by atoms with Crippen molar-refractivity contribution in [3.63, 3.8) is 0 Å². The lowest BCUT2D eigenvalue weighted by atomic mass is 9.84. The summed E-state index contributed by atoms with van der Waals surface area (Å²) in [6.45, 7) is 6.34. The molecule has 1 aliphatic carbocycles. The van der Waals surface area contributed by atoms with Crippen LogP contribution in [0.15, 0.2) is 24.3 Å². The van der Waals surface area contributed by atoms with E-state index < -0.39 is 0 Å². The Labute approximate surface area is 101 Å². The highest BCUT2D eigenvalue weighted by Crippen LogP contribution is 2.35. The van der Waals surface area contributed by atoms with Gasteiger partial charge < -0.3 is 0 Å². The van der Waals surface area contributed by atoms with Crippen molar-refractivity contribution in [2.24, 2.45) is 0 Å². The Morgan fingerprint density at radius 3 is 2.57 bits per heavy atom. The summed E-state index contributed by atoms with van der Waals surface area (Å²) in [5.74, 6) is 0.746. The van der Waals surface area contributed by atoms with Crippen LogP contribution in [0.25, 0.3) is 0 Å². The Kier molecular flexibility index (Phi) is 4.93.